The standard InChI is InChI=1S/C15H21N3O2S/c1-5-18-10-15(12(4)16-18)17-21(19,20)14-8-6-13(7-9-14)11(2)3/h6-11,17H,5H2,1-4H3. The van der Waals surface area contributed by atoms with E-state index >= 15 is 0 Å². The third-order valence-electron chi connectivity index (χ3n) is 3.37. The van der Waals surface area contributed by atoms with E-state index in [9.17, 15) is 8.42 Å². The van der Waals surface area contributed by atoms with E-state index in [0.29, 0.717) is 23.8 Å². The van der Waals surface area contributed by atoms with Crippen LogP contribution in [0.4, 0.5) is 5.69 Å². The van der Waals surface area contributed by atoms with Gasteiger partial charge in [0, 0.05) is 12.7 Å². The van der Waals surface area contributed by atoms with Gasteiger partial charge in [0.05, 0.1) is 16.3 Å². The Kier molecular flexibility index (Phi) is 4.37. The molecule has 0 amide bonds. The van der Waals surface area contributed by atoms with Gasteiger partial charge >= 0.3 is 0 Å². The number of sulfonamides is 1. The van der Waals surface area contributed by atoms with E-state index in [0.717, 1.165) is 5.56 Å². The molecule has 5 nitrogen and oxygen atoms in total. The summed E-state index contributed by atoms with van der Waals surface area (Å²) in [7, 11) is -3.58. The first kappa shape index (κ1) is 15.6. The zero-order valence-corrected chi connectivity index (χ0v) is 13.6. The molecule has 1 N–H and O–H groups in total. The molecule has 1 aromatic carbocycles. The molecule has 6 heteroatoms. The molecule has 0 bridgehead atoms. The minimum absolute atomic E-state index is 0.260. The number of hydrogen-bond acceptors (Lipinski definition) is 3. The van der Waals surface area contributed by atoms with Crippen LogP contribution < -0.4 is 4.72 Å². The molecule has 2 aromatic rings. The summed E-state index contributed by atoms with van der Waals surface area (Å²) in [5, 5.41) is 4.23. The van der Waals surface area contributed by atoms with Crippen LogP contribution in [0.3, 0.4) is 0 Å². The van der Waals surface area contributed by atoms with Gasteiger partial charge in [-0.15, -0.1) is 0 Å². The van der Waals surface area contributed by atoms with E-state index in [2.05, 4.69) is 23.7 Å². The minimum Gasteiger partial charge on any atom is -0.276 e. The average molecular weight is 307 g/mol. The molecule has 0 saturated carbocycles. The number of aromatic nitrogens is 2. The highest BCUT2D eigenvalue weighted by molar-refractivity contribution is 7.92. The van der Waals surface area contributed by atoms with E-state index in [1.807, 2.05) is 19.1 Å². The smallest absolute Gasteiger partial charge is 0.262 e. The Morgan fingerprint density at radius 1 is 1.24 bits per heavy atom. The summed E-state index contributed by atoms with van der Waals surface area (Å²) in [6.45, 7) is 8.58. The van der Waals surface area contributed by atoms with Crippen molar-refractivity contribution < 1.29 is 8.42 Å². The lowest BCUT2D eigenvalue weighted by Crippen LogP contribution is -2.13. The largest absolute Gasteiger partial charge is 0.276 e. The Hall–Kier alpha value is -1.82. The molecule has 0 aliphatic carbocycles. The predicted octanol–water partition coefficient (Wildman–Crippen LogP) is 3.14. The summed E-state index contributed by atoms with van der Waals surface area (Å²) >= 11 is 0. The van der Waals surface area contributed by atoms with Crippen molar-refractivity contribution in [2.45, 2.75) is 45.1 Å². The van der Waals surface area contributed by atoms with Crippen molar-refractivity contribution in [2.24, 2.45) is 0 Å². The first-order valence-electron chi connectivity index (χ1n) is 7.00. The van der Waals surface area contributed by atoms with Crippen LogP contribution in [-0.4, -0.2) is 18.2 Å². The average Bonchev–Trinajstić information content (AvgIpc) is 2.79. The summed E-state index contributed by atoms with van der Waals surface area (Å²) in [6, 6.07) is 6.97. The summed E-state index contributed by atoms with van der Waals surface area (Å²) in [6.07, 6.45) is 1.70. The normalized spacial score (nSPS) is 11.9. The third-order valence-corrected chi connectivity index (χ3v) is 4.75. The Morgan fingerprint density at radius 3 is 2.33 bits per heavy atom. The van der Waals surface area contributed by atoms with Crippen molar-refractivity contribution in [1.82, 2.24) is 9.78 Å². The van der Waals surface area contributed by atoms with E-state index in [4.69, 9.17) is 0 Å². The highest BCUT2D eigenvalue weighted by atomic mass is 32.2. The molecular formula is C15H21N3O2S. The second-order valence-electron chi connectivity index (χ2n) is 5.31. The summed E-state index contributed by atoms with van der Waals surface area (Å²) < 4.78 is 29.1. The molecule has 114 valence electrons. The Balaban J connectivity index is 2.27. The van der Waals surface area contributed by atoms with E-state index in [1.165, 1.54) is 0 Å². The van der Waals surface area contributed by atoms with Crippen LogP contribution >= 0.6 is 0 Å². The van der Waals surface area contributed by atoms with Gasteiger partial charge in [-0.3, -0.25) is 9.40 Å². The van der Waals surface area contributed by atoms with E-state index in [1.54, 1.807) is 29.9 Å². The zero-order chi connectivity index (χ0) is 15.6. The van der Waals surface area contributed by atoms with Gasteiger partial charge in [-0.25, -0.2) is 8.42 Å². The van der Waals surface area contributed by atoms with Crippen LogP contribution in [0.1, 0.15) is 37.9 Å². The van der Waals surface area contributed by atoms with Crippen molar-refractivity contribution in [1.29, 1.82) is 0 Å². The molecule has 0 spiro atoms. The zero-order valence-electron chi connectivity index (χ0n) is 12.8. The summed E-state index contributed by atoms with van der Waals surface area (Å²) in [5.74, 6) is 0.375. The van der Waals surface area contributed by atoms with Crippen molar-refractivity contribution in [2.75, 3.05) is 4.72 Å². The van der Waals surface area contributed by atoms with Gasteiger partial charge in [0.2, 0.25) is 0 Å². The van der Waals surface area contributed by atoms with Crippen molar-refractivity contribution >= 4 is 15.7 Å². The highest BCUT2D eigenvalue weighted by Gasteiger charge is 2.17. The molecule has 0 atom stereocenters. The highest BCUT2D eigenvalue weighted by Crippen LogP contribution is 2.21. The fourth-order valence-corrected chi connectivity index (χ4v) is 3.12. The topological polar surface area (TPSA) is 64.0 Å². The fraction of sp³-hybridized carbons (Fsp3) is 0.400. The second kappa shape index (κ2) is 5.89. The molecule has 0 aliphatic heterocycles. The van der Waals surface area contributed by atoms with E-state index < -0.39 is 10.0 Å². The lowest BCUT2D eigenvalue weighted by Gasteiger charge is -2.09. The van der Waals surface area contributed by atoms with Crippen LogP contribution in [0.15, 0.2) is 35.4 Å². The van der Waals surface area contributed by atoms with Gasteiger partial charge in [-0.05, 0) is 37.5 Å². The fourth-order valence-electron chi connectivity index (χ4n) is 2.02. The van der Waals surface area contributed by atoms with Gasteiger partial charge in [0.25, 0.3) is 10.0 Å². The monoisotopic (exact) mass is 307 g/mol. The maximum Gasteiger partial charge on any atom is 0.262 e. The van der Waals surface area contributed by atoms with Crippen molar-refractivity contribution in [3.05, 3.63) is 41.7 Å². The van der Waals surface area contributed by atoms with Gasteiger partial charge < -0.3 is 0 Å². The molecule has 0 aliphatic rings. The Bertz CT molecular complexity index is 716. The molecule has 2 rings (SSSR count). The first-order chi connectivity index (χ1) is 9.83. The third kappa shape index (κ3) is 3.44. The Morgan fingerprint density at radius 2 is 1.86 bits per heavy atom. The van der Waals surface area contributed by atoms with E-state index in [-0.39, 0.29) is 4.90 Å². The van der Waals surface area contributed by atoms with Crippen LogP contribution in [-0.2, 0) is 16.6 Å². The summed E-state index contributed by atoms with van der Waals surface area (Å²) in [4.78, 5) is 0.260. The number of anilines is 1. The maximum atomic E-state index is 12.4. The number of rotatable bonds is 5. The number of hydrogen-bond donors (Lipinski definition) is 1. The van der Waals surface area contributed by atoms with Crippen LogP contribution in [0, 0.1) is 6.92 Å². The van der Waals surface area contributed by atoms with Crippen LogP contribution in [0.5, 0.6) is 0 Å². The summed E-state index contributed by atoms with van der Waals surface area (Å²) in [5.41, 5.74) is 2.30. The van der Waals surface area contributed by atoms with Gasteiger partial charge in [-0.2, -0.15) is 5.10 Å². The first-order valence-corrected chi connectivity index (χ1v) is 8.48. The molecule has 21 heavy (non-hydrogen) atoms. The molecular weight excluding hydrogens is 286 g/mol. The molecule has 0 radical (unpaired) electrons. The Labute approximate surface area is 126 Å². The number of nitrogens with zero attached hydrogens (tertiary/aromatic N) is 2. The van der Waals surface area contributed by atoms with Crippen molar-refractivity contribution in [3.63, 3.8) is 0 Å². The predicted molar refractivity (Wildman–Crippen MR) is 84.0 cm³/mol. The number of aryl methyl sites for hydroxylation is 2. The van der Waals surface area contributed by atoms with Gasteiger partial charge in [0.15, 0.2) is 0 Å². The van der Waals surface area contributed by atoms with Gasteiger partial charge in [-0.1, -0.05) is 26.0 Å². The molecule has 0 fully saturated rings. The SMILES string of the molecule is CCn1cc(NS(=O)(=O)c2ccc(C(C)C)cc2)c(C)n1. The number of nitrogens with one attached hydrogen (secondary N) is 1. The van der Waals surface area contributed by atoms with Gasteiger partial charge in [0.1, 0.15) is 0 Å². The molecule has 1 aromatic heterocycles. The van der Waals surface area contributed by atoms with Crippen LogP contribution in [0.2, 0.25) is 0 Å². The molecule has 1 heterocycles. The maximum absolute atomic E-state index is 12.4. The minimum atomic E-state index is -3.58. The quantitative estimate of drug-likeness (QED) is 0.923. The lowest BCUT2D eigenvalue weighted by molar-refractivity contribution is 0.601. The lowest BCUT2D eigenvalue weighted by atomic mass is 10.0. The van der Waals surface area contributed by atoms with Crippen LogP contribution in [0.25, 0.3) is 0 Å². The molecule has 0 unspecified atom stereocenters. The molecule has 0 saturated heterocycles. The second-order valence-corrected chi connectivity index (χ2v) is 7.00. The van der Waals surface area contributed by atoms with Crippen molar-refractivity contribution in [3.8, 4) is 0 Å². The number of benzene rings is 1.